The van der Waals surface area contributed by atoms with E-state index >= 15 is 0 Å². The summed E-state index contributed by atoms with van der Waals surface area (Å²) in [5.41, 5.74) is 2.09. The van der Waals surface area contributed by atoms with Gasteiger partial charge in [-0.1, -0.05) is 17.7 Å². The normalized spacial score (nSPS) is 13.8. The molecule has 1 aliphatic rings. The fourth-order valence-corrected chi connectivity index (χ4v) is 2.34. The van der Waals surface area contributed by atoms with E-state index in [-0.39, 0.29) is 10.8 Å². The van der Waals surface area contributed by atoms with Crippen molar-refractivity contribution in [3.05, 3.63) is 56.7 Å². The quantitative estimate of drug-likeness (QED) is 0.859. The smallest absolute Gasteiger partial charge is 0.285 e. The minimum absolute atomic E-state index is 0.110. The van der Waals surface area contributed by atoms with Gasteiger partial charge in [0.1, 0.15) is 10.8 Å². The lowest BCUT2D eigenvalue weighted by atomic mass is 10.1. The standard InChI is InChI=1S/C12H9ClFN3O/c13-11-10(4-15-16-12(11)18)17-5-7-1-2-9(14)3-8(7)6-17/h1-4H,5-6H2,(H,16,18). The van der Waals surface area contributed by atoms with Crippen LogP contribution < -0.4 is 10.5 Å². The average Bonchev–Trinajstić information content (AvgIpc) is 2.75. The Kier molecular flexibility index (Phi) is 2.56. The molecule has 1 aromatic heterocycles. The van der Waals surface area contributed by atoms with Crippen LogP contribution in [0.1, 0.15) is 11.1 Å². The molecule has 3 rings (SSSR count). The van der Waals surface area contributed by atoms with Gasteiger partial charge in [-0.3, -0.25) is 4.79 Å². The van der Waals surface area contributed by atoms with E-state index in [1.807, 2.05) is 4.90 Å². The third kappa shape index (κ3) is 1.76. The topological polar surface area (TPSA) is 49.0 Å². The second-order valence-electron chi connectivity index (χ2n) is 4.17. The molecule has 4 nitrogen and oxygen atoms in total. The SMILES string of the molecule is O=c1[nH]ncc(N2Cc3ccc(F)cc3C2)c1Cl. The summed E-state index contributed by atoms with van der Waals surface area (Å²) in [7, 11) is 0. The number of hydrogen-bond acceptors (Lipinski definition) is 3. The number of benzene rings is 1. The lowest BCUT2D eigenvalue weighted by molar-refractivity contribution is 0.626. The summed E-state index contributed by atoms with van der Waals surface area (Å²) >= 11 is 5.95. The third-order valence-electron chi connectivity index (χ3n) is 3.01. The number of nitrogens with one attached hydrogen (secondary N) is 1. The van der Waals surface area contributed by atoms with Crippen molar-refractivity contribution in [2.24, 2.45) is 0 Å². The number of nitrogens with zero attached hydrogens (tertiary/aromatic N) is 2. The molecule has 1 aromatic carbocycles. The van der Waals surface area contributed by atoms with Gasteiger partial charge in [0, 0.05) is 13.1 Å². The Morgan fingerprint density at radius 2 is 2.11 bits per heavy atom. The summed E-state index contributed by atoms with van der Waals surface area (Å²) in [6.45, 7) is 1.12. The van der Waals surface area contributed by atoms with Gasteiger partial charge in [0.25, 0.3) is 5.56 Å². The van der Waals surface area contributed by atoms with Gasteiger partial charge < -0.3 is 4.90 Å². The van der Waals surface area contributed by atoms with E-state index in [1.165, 1.54) is 18.3 Å². The first-order valence-corrected chi connectivity index (χ1v) is 5.78. The summed E-state index contributed by atoms with van der Waals surface area (Å²) in [6, 6.07) is 4.68. The Labute approximate surface area is 107 Å². The number of rotatable bonds is 1. The fourth-order valence-electron chi connectivity index (χ4n) is 2.13. The Morgan fingerprint density at radius 1 is 1.33 bits per heavy atom. The maximum atomic E-state index is 13.1. The van der Waals surface area contributed by atoms with Crippen molar-refractivity contribution in [1.29, 1.82) is 0 Å². The van der Waals surface area contributed by atoms with Crippen LogP contribution in [0.5, 0.6) is 0 Å². The van der Waals surface area contributed by atoms with E-state index in [0.29, 0.717) is 18.8 Å². The van der Waals surface area contributed by atoms with Crippen LogP contribution in [0.4, 0.5) is 10.1 Å². The van der Waals surface area contributed by atoms with Gasteiger partial charge in [-0.2, -0.15) is 5.10 Å². The predicted molar refractivity (Wildman–Crippen MR) is 66.2 cm³/mol. The van der Waals surface area contributed by atoms with Gasteiger partial charge in [0.2, 0.25) is 0 Å². The van der Waals surface area contributed by atoms with Crippen molar-refractivity contribution in [3.8, 4) is 0 Å². The molecule has 0 spiro atoms. The third-order valence-corrected chi connectivity index (χ3v) is 3.37. The van der Waals surface area contributed by atoms with Gasteiger partial charge in [-0.25, -0.2) is 9.49 Å². The molecule has 2 heterocycles. The van der Waals surface area contributed by atoms with Gasteiger partial charge in [-0.15, -0.1) is 0 Å². The summed E-state index contributed by atoms with van der Waals surface area (Å²) < 4.78 is 13.1. The van der Waals surface area contributed by atoms with E-state index in [0.717, 1.165) is 11.1 Å². The van der Waals surface area contributed by atoms with Gasteiger partial charge in [0.05, 0.1) is 11.9 Å². The summed E-state index contributed by atoms with van der Waals surface area (Å²) in [5, 5.41) is 6.11. The second kappa shape index (κ2) is 4.10. The molecule has 0 amide bonds. The van der Waals surface area contributed by atoms with Gasteiger partial charge in [0.15, 0.2) is 0 Å². The molecule has 0 atom stereocenters. The van der Waals surface area contributed by atoms with Crippen LogP contribution in [0.2, 0.25) is 5.02 Å². The Bertz CT molecular complexity index is 671. The first-order chi connectivity index (χ1) is 8.65. The molecule has 2 aromatic rings. The second-order valence-corrected chi connectivity index (χ2v) is 4.55. The number of anilines is 1. The number of aromatic amines is 1. The van der Waals surface area contributed by atoms with E-state index < -0.39 is 5.56 Å². The van der Waals surface area contributed by atoms with E-state index in [4.69, 9.17) is 11.6 Å². The molecule has 1 N–H and O–H groups in total. The number of H-pyrrole nitrogens is 1. The Hall–Kier alpha value is -1.88. The zero-order valence-corrected chi connectivity index (χ0v) is 10.0. The molecular formula is C12H9ClFN3O. The van der Waals surface area contributed by atoms with Crippen molar-refractivity contribution < 1.29 is 4.39 Å². The van der Waals surface area contributed by atoms with Crippen LogP contribution in [0.15, 0.2) is 29.2 Å². The molecule has 0 aliphatic carbocycles. The molecule has 0 fully saturated rings. The molecule has 1 aliphatic heterocycles. The van der Waals surface area contributed by atoms with Crippen LogP contribution in [-0.2, 0) is 13.1 Å². The highest BCUT2D eigenvalue weighted by atomic mass is 35.5. The average molecular weight is 266 g/mol. The minimum atomic E-state index is -0.420. The zero-order chi connectivity index (χ0) is 12.7. The Morgan fingerprint density at radius 3 is 2.94 bits per heavy atom. The van der Waals surface area contributed by atoms with Crippen LogP contribution in [0, 0.1) is 5.82 Å². The van der Waals surface area contributed by atoms with Gasteiger partial charge in [-0.05, 0) is 23.3 Å². The maximum absolute atomic E-state index is 13.1. The lowest BCUT2D eigenvalue weighted by Crippen LogP contribution is -2.19. The van der Waals surface area contributed by atoms with Crippen molar-refractivity contribution in [3.63, 3.8) is 0 Å². The van der Waals surface area contributed by atoms with E-state index in [2.05, 4.69) is 10.2 Å². The first-order valence-electron chi connectivity index (χ1n) is 5.40. The van der Waals surface area contributed by atoms with Crippen molar-refractivity contribution in [2.45, 2.75) is 13.1 Å². The highest BCUT2D eigenvalue weighted by Gasteiger charge is 2.22. The fraction of sp³-hybridized carbons (Fsp3) is 0.167. The Balaban J connectivity index is 1.99. The highest BCUT2D eigenvalue weighted by Crippen LogP contribution is 2.30. The highest BCUT2D eigenvalue weighted by molar-refractivity contribution is 6.33. The minimum Gasteiger partial charge on any atom is -0.360 e. The number of fused-ring (bicyclic) bond motifs is 1. The van der Waals surface area contributed by atoms with Gasteiger partial charge >= 0.3 is 0 Å². The van der Waals surface area contributed by atoms with Crippen molar-refractivity contribution in [2.75, 3.05) is 4.90 Å². The van der Waals surface area contributed by atoms with E-state index in [9.17, 15) is 9.18 Å². The van der Waals surface area contributed by atoms with Crippen molar-refractivity contribution >= 4 is 17.3 Å². The maximum Gasteiger partial charge on any atom is 0.285 e. The lowest BCUT2D eigenvalue weighted by Gasteiger charge is -2.17. The molecule has 0 saturated heterocycles. The number of hydrogen-bond donors (Lipinski definition) is 1. The molecule has 18 heavy (non-hydrogen) atoms. The molecule has 6 heteroatoms. The van der Waals surface area contributed by atoms with E-state index in [1.54, 1.807) is 6.07 Å². The molecule has 0 bridgehead atoms. The number of aromatic nitrogens is 2. The largest absolute Gasteiger partial charge is 0.360 e. The molecule has 92 valence electrons. The number of halogens is 2. The predicted octanol–water partition coefficient (Wildman–Crippen LogP) is 2.08. The van der Waals surface area contributed by atoms with Crippen LogP contribution >= 0.6 is 11.6 Å². The molecule has 0 unspecified atom stereocenters. The monoisotopic (exact) mass is 265 g/mol. The van der Waals surface area contributed by atoms with Crippen LogP contribution in [0.25, 0.3) is 0 Å². The van der Waals surface area contributed by atoms with Crippen LogP contribution in [-0.4, -0.2) is 10.2 Å². The molecule has 0 radical (unpaired) electrons. The molecule has 0 saturated carbocycles. The van der Waals surface area contributed by atoms with Crippen LogP contribution in [0.3, 0.4) is 0 Å². The summed E-state index contributed by atoms with van der Waals surface area (Å²) in [6.07, 6.45) is 1.51. The summed E-state index contributed by atoms with van der Waals surface area (Å²) in [5.74, 6) is -0.259. The molecular weight excluding hydrogens is 257 g/mol. The summed E-state index contributed by atoms with van der Waals surface area (Å²) in [4.78, 5) is 13.3. The zero-order valence-electron chi connectivity index (χ0n) is 9.28. The first kappa shape index (κ1) is 11.2. The van der Waals surface area contributed by atoms with Crippen molar-refractivity contribution in [1.82, 2.24) is 10.2 Å².